The summed E-state index contributed by atoms with van der Waals surface area (Å²) in [4.78, 5) is 0.361. The molecule has 2 aliphatic heterocycles. The Morgan fingerprint density at radius 3 is 2.52 bits per heavy atom. The van der Waals surface area contributed by atoms with Crippen molar-refractivity contribution in [3.8, 4) is 0 Å². The Balaban J connectivity index is 1.72. The molecule has 4 nitrogen and oxygen atoms in total. The highest BCUT2D eigenvalue weighted by molar-refractivity contribution is 7.89. The summed E-state index contributed by atoms with van der Waals surface area (Å²) in [7, 11) is -3.45. The first kappa shape index (κ1) is 13.0. The van der Waals surface area contributed by atoms with E-state index >= 15 is 0 Å². The Bertz CT molecular complexity index is 799. The van der Waals surface area contributed by atoms with Crippen LogP contribution in [0.4, 0.5) is 0 Å². The Hall–Kier alpha value is -1.69. The minimum atomic E-state index is -3.45. The standard InChI is InChI=1S/C16H16N2O2S/c1-12-6-8-14(9-7-12)21(19,20)18-16-15-5-3-2-4-13(15)10-11-17(16)18/h2-9,16H,10-11H2,1H3. The van der Waals surface area contributed by atoms with Gasteiger partial charge in [0.15, 0.2) is 0 Å². The van der Waals surface area contributed by atoms with Gasteiger partial charge in [-0.05, 0) is 36.6 Å². The summed E-state index contributed by atoms with van der Waals surface area (Å²) in [6.45, 7) is 2.71. The first-order valence-electron chi connectivity index (χ1n) is 7.04. The Morgan fingerprint density at radius 1 is 1.05 bits per heavy atom. The molecule has 2 aromatic rings. The molecule has 4 rings (SSSR count). The molecule has 3 atom stereocenters. The minimum absolute atomic E-state index is 0.124. The van der Waals surface area contributed by atoms with Gasteiger partial charge in [0.05, 0.1) is 4.90 Å². The number of benzene rings is 2. The third-order valence-electron chi connectivity index (χ3n) is 4.20. The third-order valence-corrected chi connectivity index (χ3v) is 5.97. The molecule has 0 aromatic heterocycles. The SMILES string of the molecule is Cc1ccc(S(=O)(=O)N2C3c4ccccc4CCN32)cc1. The molecule has 21 heavy (non-hydrogen) atoms. The van der Waals surface area contributed by atoms with Crippen LogP contribution in [0.15, 0.2) is 53.4 Å². The fraction of sp³-hybridized carbons (Fsp3) is 0.250. The van der Waals surface area contributed by atoms with E-state index in [1.807, 2.05) is 42.3 Å². The second-order valence-corrected chi connectivity index (χ2v) is 7.37. The number of hydrogen-bond acceptors (Lipinski definition) is 3. The maximum Gasteiger partial charge on any atom is 0.257 e. The minimum Gasteiger partial charge on any atom is -0.206 e. The van der Waals surface area contributed by atoms with E-state index in [1.54, 1.807) is 12.1 Å². The zero-order valence-electron chi connectivity index (χ0n) is 11.7. The summed E-state index contributed by atoms with van der Waals surface area (Å²) in [5.74, 6) is 0. The van der Waals surface area contributed by atoms with Crippen molar-refractivity contribution in [2.24, 2.45) is 0 Å². The molecule has 0 radical (unpaired) electrons. The van der Waals surface area contributed by atoms with E-state index in [0.29, 0.717) is 4.90 Å². The number of fused-ring (bicyclic) bond motifs is 3. The molecule has 2 aromatic carbocycles. The molecule has 3 unspecified atom stereocenters. The van der Waals surface area contributed by atoms with Crippen molar-refractivity contribution in [3.63, 3.8) is 0 Å². The van der Waals surface area contributed by atoms with Crippen LogP contribution in [-0.4, -0.2) is 24.4 Å². The summed E-state index contributed by atoms with van der Waals surface area (Å²) < 4.78 is 27.0. The Morgan fingerprint density at radius 2 is 1.76 bits per heavy atom. The number of rotatable bonds is 2. The molecule has 0 aliphatic carbocycles. The van der Waals surface area contributed by atoms with Gasteiger partial charge in [-0.15, -0.1) is 4.41 Å². The second kappa shape index (κ2) is 4.40. The summed E-state index contributed by atoms with van der Waals surface area (Å²) in [6.07, 6.45) is 0.772. The smallest absolute Gasteiger partial charge is 0.206 e. The van der Waals surface area contributed by atoms with E-state index in [-0.39, 0.29) is 6.17 Å². The molecule has 1 saturated heterocycles. The number of hydrazine groups is 1. The maximum absolute atomic E-state index is 12.8. The normalized spacial score (nSPS) is 26.8. The van der Waals surface area contributed by atoms with E-state index in [9.17, 15) is 8.42 Å². The molecular formula is C16H16N2O2S. The average molecular weight is 300 g/mol. The zero-order chi connectivity index (χ0) is 14.6. The molecule has 0 spiro atoms. The molecular weight excluding hydrogens is 284 g/mol. The van der Waals surface area contributed by atoms with Gasteiger partial charge in [-0.1, -0.05) is 42.0 Å². The molecule has 2 heterocycles. The fourth-order valence-electron chi connectivity index (χ4n) is 3.03. The van der Waals surface area contributed by atoms with Gasteiger partial charge in [-0.25, -0.2) is 13.4 Å². The zero-order valence-corrected chi connectivity index (χ0v) is 12.5. The summed E-state index contributed by atoms with van der Waals surface area (Å²) in [5.41, 5.74) is 3.42. The largest absolute Gasteiger partial charge is 0.257 e. The van der Waals surface area contributed by atoms with Crippen LogP contribution in [0.5, 0.6) is 0 Å². The van der Waals surface area contributed by atoms with Gasteiger partial charge in [-0.2, -0.15) is 0 Å². The molecule has 0 bridgehead atoms. The van der Waals surface area contributed by atoms with E-state index in [2.05, 4.69) is 6.07 Å². The van der Waals surface area contributed by atoms with Crippen molar-refractivity contribution in [1.29, 1.82) is 0 Å². The van der Waals surface area contributed by atoms with Crippen LogP contribution in [0.3, 0.4) is 0 Å². The van der Waals surface area contributed by atoms with Gasteiger partial charge < -0.3 is 0 Å². The van der Waals surface area contributed by atoms with E-state index in [1.165, 1.54) is 9.98 Å². The Labute approximate surface area is 124 Å². The fourth-order valence-corrected chi connectivity index (χ4v) is 4.61. The topological polar surface area (TPSA) is 40.2 Å². The highest BCUT2D eigenvalue weighted by Gasteiger charge is 2.56. The first-order valence-corrected chi connectivity index (χ1v) is 8.48. The third kappa shape index (κ3) is 1.92. The highest BCUT2D eigenvalue weighted by atomic mass is 32.2. The van der Waals surface area contributed by atoms with Gasteiger partial charge in [0, 0.05) is 6.54 Å². The van der Waals surface area contributed by atoms with Gasteiger partial charge in [-0.3, -0.25) is 0 Å². The van der Waals surface area contributed by atoms with Gasteiger partial charge in [0.1, 0.15) is 6.17 Å². The van der Waals surface area contributed by atoms with Crippen LogP contribution in [0.25, 0.3) is 0 Å². The predicted octanol–water partition coefficient (Wildman–Crippen LogP) is 2.47. The highest BCUT2D eigenvalue weighted by Crippen LogP contribution is 2.49. The van der Waals surface area contributed by atoms with Crippen molar-refractivity contribution >= 4 is 10.0 Å². The van der Waals surface area contributed by atoms with Gasteiger partial charge >= 0.3 is 0 Å². The van der Waals surface area contributed by atoms with Crippen molar-refractivity contribution in [3.05, 3.63) is 65.2 Å². The lowest BCUT2D eigenvalue weighted by Gasteiger charge is -2.12. The van der Waals surface area contributed by atoms with Gasteiger partial charge in [0.2, 0.25) is 0 Å². The van der Waals surface area contributed by atoms with Crippen LogP contribution >= 0.6 is 0 Å². The molecule has 1 fully saturated rings. The summed E-state index contributed by atoms with van der Waals surface area (Å²) in [6, 6.07) is 15.1. The Kier molecular flexibility index (Phi) is 2.73. The molecule has 0 N–H and O–H groups in total. The molecule has 2 aliphatic rings. The van der Waals surface area contributed by atoms with Crippen molar-refractivity contribution in [1.82, 2.24) is 9.42 Å². The number of hydrogen-bond donors (Lipinski definition) is 0. The molecule has 108 valence electrons. The number of nitrogens with zero attached hydrogens (tertiary/aromatic N) is 2. The number of aryl methyl sites for hydroxylation is 1. The van der Waals surface area contributed by atoms with Crippen LogP contribution in [0.2, 0.25) is 0 Å². The summed E-state index contributed by atoms with van der Waals surface area (Å²) in [5, 5.41) is 1.93. The van der Waals surface area contributed by atoms with Crippen molar-refractivity contribution in [2.75, 3.05) is 6.54 Å². The van der Waals surface area contributed by atoms with E-state index in [0.717, 1.165) is 24.1 Å². The molecule has 0 saturated carbocycles. The van der Waals surface area contributed by atoms with Crippen LogP contribution in [0.1, 0.15) is 22.9 Å². The lowest BCUT2D eigenvalue weighted by molar-refractivity contribution is 0.394. The first-order chi connectivity index (χ1) is 10.1. The second-order valence-electron chi connectivity index (χ2n) is 5.58. The van der Waals surface area contributed by atoms with Crippen LogP contribution in [-0.2, 0) is 16.4 Å². The van der Waals surface area contributed by atoms with Gasteiger partial charge in [0.25, 0.3) is 10.0 Å². The van der Waals surface area contributed by atoms with Crippen LogP contribution in [0, 0.1) is 6.92 Å². The molecule has 0 amide bonds. The van der Waals surface area contributed by atoms with Crippen molar-refractivity contribution in [2.45, 2.75) is 24.4 Å². The van der Waals surface area contributed by atoms with Crippen molar-refractivity contribution < 1.29 is 8.42 Å². The van der Waals surface area contributed by atoms with Crippen LogP contribution < -0.4 is 0 Å². The van der Waals surface area contributed by atoms with E-state index in [4.69, 9.17) is 0 Å². The predicted molar refractivity (Wildman–Crippen MR) is 79.8 cm³/mol. The molecule has 5 heteroatoms. The average Bonchev–Trinajstić information content (AvgIpc) is 3.23. The van der Waals surface area contributed by atoms with E-state index < -0.39 is 10.0 Å². The quantitative estimate of drug-likeness (QED) is 0.800. The maximum atomic E-state index is 12.8. The lowest BCUT2D eigenvalue weighted by Crippen LogP contribution is -2.18. The monoisotopic (exact) mass is 300 g/mol. The lowest BCUT2D eigenvalue weighted by atomic mass is 10.0. The number of sulfonamides is 1. The summed E-state index contributed by atoms with van der Waals surface area (Å²) >= 11 is 0.